The van der Waals surface area contributed by atoms with Gasteiger partial charge in [0.05, 0.1) is 7.11 Å². The van der Waals surface area contributed by atoms with Crippen molar-refractivity contribution in [3.05, 3.63) is 76.9 Å². The Kier molecular flexibility index (Phi) is 7.64. The minimum Gasteiger partial charge on any atom is -0.465 e. The zero-order valence-corrected chi connectivity index (χ0v) is 17.9. The standard InChI is InChI=1S/C21H19F2N3O2S2/c1-28-20(27)17-18(24-11-14-8-9-15(22)10-16(14)23)25-21(29-2)26-19(17)30-12-13-6-4-3-5-7-13/h3-10H,11-12H2,1-2H3,(H,24,25,26). The van der Waals surface area contributed by atoms with Gasteiger partial charge in [0.25, 0.3) is 0 Å². The van der Waals surface area contributed by atoms with Gasteiger partial charge in [0.2, 0.25) is 0 Å². The molecule has 0 fully saturated rings. The van der Waals surface area contributed by atoms with E-state index in [2.05, 4.69) is 15.3 Å². The van der Waals surface area contributed by atoms with Crippen molar-refractivity contribution in [1.29, 1.82) is 0 Å². The number of nitrogens with one attached hydrogen (secondary N) is 1. The highest BCUT2D eigenvalue weighted by Gasteiger charge is 2.22. The van der Waals surface area contributed by atoms with E-state index >= 15 is 0 Å². The maximum absolute atomic E-state index is 14.0. The van der Waals surface area contributed by atoms with Crippen molar-refractivity contribution in [3.8, 4) is 0 Å². The van der Waals surface area contributed by atoms with Gasteiger partial charge in [-0.2, -0.15) is 0 Å². The largest absolute Gasteiger partial charge is 0.465 e. The van der Waals surface area contributed by atoms with Crippen LogP contribution in [0.5, 0.6) is 0 Å². The van der Waals surface area contributed by atoms with Gasteiger partial charge >= 0.3 is 5.97 Å². The molecule has 3 rings (SSSR count). The van der Waals surface area contributed by atoms with Gasteiger partial charge in [-0.15, -0.1) is 11.8 Å². The monoisotopic (exact) mass is 447 g/mol. The van der Waals surface area contributed by atoms with Crippen LogP contribution in [-0.4, -0.2) is 29.3 Å². The smallest absolute Gasteiger partial charge is 0.344 e. The number of carbonyl (C=O) groups excluding carboxylic acids is 1. The lowest BCUT2D eigenvalue weighted by atomic mass is 10.2. The fourth-order valence-electron chi connectivity index (χ4n) is 2.60. The predicted octanol–water partition coefficient (Wildman–Crippen LogP) is 5.17. The van der Waals surface area contributed by atoms with E-state index in [9.17, 15) is 13.6 Å². The number of esters is 1. The number of halogens is 2. The van der Waals surface area contributed by atoms with Gasteiger partial charge in [0.15, 0.2) is 5.16 Å². The Morgan fingerprint density at radius 2 is 1.90 bits per heavy atom. The third-order valence-electron chi connectivity index (χ3n) is 4.11. The molecule has 1 N–H and O–H groups in total. The number of ether oxygens (including phenoxy) is 1. The fraction of sp³-hybridized carbons (Fsp3) is 0.190. The molecule has 0 radical (unpaired) electrons. The molecular weight excluding hydrogens is 428 g/mol. The first-order valence-electron chi connectivity index (χ1n) is 8.90. The van der Waals surface area contributed by atoms with Crippen molar-refractivity contribution >= 4 is 35.3 Å². The van der Waals surface area contributed by atoms with E-state index in [-0.39, 0.29) is 23.5 Å². The van der Waals surface area contributed by atoms with Crippen molar-refractivity contribution in [3.63, 3.8) is 0 Å². The highest BCUT2D eigenvalue weighted by Crippen LogP contribution is 2.31. The third kappa shape index (κ3) is 5.48. The Hall–Kier alpha value is -2.65. The highest BCUT2D eigenvalue weighted by atomic mass is 32.2. The van der Waals surface area contributed by atoms with Crippen LogP contribution in [0.3, 0.4) is 0 Å². The second-order valence-corrected chi connectivity index (χ2v) is 7.83. The number of hydrogen-bond donors (Lipinski definition) is 1. The molecule has 1 heterocycles. The number of thioether (sulfide) groups is 2. The summed E-state index contributed by atoms with van der Waals surface area (Å²) in [4.78, 5) is 21.3. The quantitative estimate of drug-likeness (QED) is 0.221. The minimum absolute atomic E-state index is 0.0176. The molecule has 2 aromatic carbocycles. The molecule has 0 spiro atoms. The van der Waals surface area contributed by atoms with Gasteiger partial charge in [-0.25, -0.2) is 23.5 Å². The molecular formula is C21H19F2N3O2S2. The van der Waals surface area contributed by atoms with E-state index in [1.165, 1.54) is 42.8 Å². The second kappa shape index (κ2) is 10.4. The van der Waals surface area contributed by atoms with Crippen LogP contribution in [0.4, 0.5) is 14.6 Å². The number of aromatic nitrogens is 2. The molecule has 0 saturated heterocycles. The summed E-state index contributed by atoms with van der Waals surface area (Å²) in [5, 5.41) is 3.90. The lowest BCUT2D eigenvalue weighted by molar-refractivity contribution is 0.0596. The number of nitrogens with zero attached hydrogens (tertiary/aromatic N) is 2. The first-order valence-corrected chi connectivity index (χ1v) is 11.1. The zero-order chi connectivity index (χ0) is 21.5. The van der Waals surface area contributed by atoms with Gasteiger partial charge in [-0.1, -0.05) is 48.2 Å². The lowest BCUT2D eigenvalue weighted by Gasteiger charge is -2.15. The van der Waals surface area contributed by atoms with E-state index in [0.29, 0.717) is 15.9 Å². The molecule has 156 valence electrons. The minimum atomic E-state index is -0.681. The molecule has 0 bridgehead atoms. The van der Waals surface area contributed by atoms with Crippen molar-refractivity contribution in [2.45, 2.75) is 22.5 Å². The number of methoxy groups -OCH3 is 1. The van der Waals surface area contributed by atoms with Crippen molar-refractivity contribution in [2.24, 2.45) is 0 Å². The Labute approximate surface area is 181 Å². The summed E-state index contributed by atoms with van der Waals surface area (Å²) in [6.45, 7) is 0.0176. The lowest BCUT2D eigenvalue weighted by Crippen LogP contribution is -2.14. The molecule has 9 heteroatoms. The molecule has 0 amide bonds. The normalized spacial score (nSPS) is 10.7. The topological polar surface area (TPSA) is 64.1 Å². The van der Waals surface area contributed by atoms with Crippen molar-refractivity contribution in [1.82, 2.24) is 9.97 Å². The van der Waals surface area contributed by atoms with Gasteiger partial charge in [-0.3, -0.25) is 0 Å². The van der Waals surface area contributed by atoms with Gasteiger partial charge < -0.3 is 10.1 Å². The van der Waals surface area contributed by atoms with Crippen LogP contribution in [0.15, 0.2) is 58.7 Å². The van der Waals surface area contributed by atoms with Crippen LogP contribution >= 0.6 is 23.5 Å². The van der Waals surface area contributed by atoms with E-state index in [4.69, 9.17) is 4.74 Å². The molecule has 0 aliphatic heterocycles. The third-order valence-corrected chi connectivity index (χ3v) is 5.70. The summed E-state index contributed by atoms with van der Waals surface area (Å²) in [6.07, 6.45) is 1.82. The Bertz CT molecular complexity index is 1040. The summed E-state index contributed by atoms with van der Waals surface area (Å²) in [5.41, 5.74) is 1.50. The zero-order valence-electron chi connectivity index (χ0n) is 16.3. The first-order chi connectivity index (χ1) is 14.5. The number of anilines is 1. The van der Waals surface area contributed by atoms with E-state index in [0.717, 1.165) is 11.6 Å². The van der Waals surface area contributed by atoms with Crippen LogP contribution in [0, 0.1) is 11.6 Å². The number of hydrogen-bond acceptors (Lipinski definition) is 7. The SMILES string of the molecule is COC(=O)c1c(NCc2ccc(F)cc2F)nc(SC)nc1SCc1ccccc1. The molecule has 0 aliphatic rings. The van der Waals surface area contributed by atoms with Gasteiger partial charge in [0, 0.05) is 23.9 Å². The fourth-order valence-corrected chi connectivity index (χ4v) is 3.99. The highest BCUT2D eigenvalue weighted by molar-refractivity contribution is 7.99. The summed E-state index contributed by atoms with van der Waals surface area (Å²) < 4.78 is 32.1. The summed E-state index contributed by atoms with van der Waals surface area (Å²) in [7, 11) is 1.28. The van der Waals surface area contributed by atoms with E-state index in [1.54, 1.807) is 0 Å². The molecule has 5 nitrogen and oxygen atoms in total. The maximum Gasteiger partial charge on any atom is 0.344 e. The van der Waals surface area contributed by atoms with E-state index in [1.807, 2.05) is 36.6 Å². The number of carbonyl (C=O) groups is 1. The van der Waals surface area contributed by atoms with Gasteiger partial charge in [-0.05, 0) is 17.9 Å². The molecule has 3 aromatic rings. The average Bonchev–Trinajstić information content (AvgIpc) is 2.76. The first kappa shape index (κ1) is 22.0. The Morgan fingerprint density at radius 1 is 1.13 bits per heavy atom. The number of rotatable bonds is 8. The molecule has 0 saturated carbocycles. The molecule has 1 aromatic heterocycles. The van der Waals surface area contributed by atoms with Gasteiger partial charge in [0.1, 0.15) is 28.0 Å². The van der Waals surface area contributed by atoms with Crippen LogP contribution in [0.1, 0.15) is 21.5 Å². The maximum atomic E-state index is 14.0. The second-order valence-electron chi connectivity index (χ2n) is 6.09. The molecule has 0 aliphatic carbocycles. The Balaban J connectivity index is 1.92. The van der Waals surface area contributed by atoms with Crippen LogP contribution in [0.2, 0.25) is 0 Å². The van der Waals surface area contributed by atoms with Crippen molar-refractivity contribution in [2.75, 3.05) is 18.7 Å². The summed E-state index contributed by atoms with van der Waals surface area (Å²) >= 11 is 2.71. The predicted molar refractivity (Wildman–Crippen MR) is 115 cm³/mol. The summed E-state index contributed by atoms with van der Waals surface area (Å²) in [5.74, 6) is -1.10. The molecule has 0 atom stereocenters. The van der Waals surface area contributed by atoms with Crippen molar-refractivity contribution < 1.29 is 18.3 Å². The number of benzene rings is 2. The molecule has 30 heavy (non-hydrogen) atoms. The van der Waals surface area contributed by atoms with E-state index < -0.39 is 17.6 Å². The molecule has 0 unspecified atom stereocenters. The summed E-state index contributed by atoms with van der Waals surface area (Å²) in [6, 6.07) is 13.1. The van der Waals surface area contributed by atoms with Crippen LogP contribution in [0.25, 0.3) is 0 Å². The average molecular weight is 448 g/mol. The Morgan fingerprint density at radius 3 is 2.57 bits per heavy atom. The van der Waals surface area contributed by atoms with Crippen LogP contribution in [-0.2, 0) is 17.0 Å². The van der Waals surface area contributed by atoms with Crippen LogP contribution < -0.4 is 5.32 Å².